The molecule has 1 aromatic rings. The van der Waals surface area contributed by atoms with Crippen LogP contribution in [0.25, 0.3) is 4.85 Å². The fraction of sp³-hybridized carbons (Fsp3) is 0.368. The van der Waals surface area contributed by atoms with Gasteiger partial charge in [-0.15, -0.1) is 0 Å². The van der Waals surface area contributed by atoms with Gasteiger partial charge in [0, 0.05) is 13.1 Å². The maximum atomic E-state index is 12.2. The first kappa shape index (κ1) is 18.4. The summed E-state index contributed by atoms with van der Waals surface area (Å²) in [5.41, 5.74) is 2.40. The number of methoxy groups -OCH3 is 1. The number of carbonyl (C=O) groups is 1. The van der Waals surface area contributed by atoms with Gasteiger partial charge < -0.3 is 20.1 Å². The van der Waals surface area contributed by atoms with E-state index in [1.807, 2.05) is 17.9 Å². The van der Waals surface area contributed by atoms with Crippen LogP contribution in [0.2, 0.25) is 0 Å². The second-order valence-electron chi connectivity index (χ2n) is 5.76. The molecule has 132 valence electrons. The number of nitrogens with one attached hydrogen (secondary N) is 1. The third-order valence-electron chi connectivity index (χ3n) is 4.25. The van der Waals surface area contributed by atoms with Gasteiger partial charge >= 0.3 is 0 Å². The molecule has 0 saturated heterocycles. The van der Waals surface area contributed by atoms with E-state index >= 15 is 0 Å². The van der Waals surface area contributed by atoms with Crippen molar-refractivity contribution >= 4 is 11.6 Å². The van der Waals surface area contributed by atoms with Crippen LogP contribution >= 0.6 is 0 Å². The van der Waals surface area contributed by atoms with Gasteiger partial charge in [0.15, 0.2) is 5.69 Å². The monoisotopic (exact) mass is 341 g/mol. The highest BCUT2D eigenvalue weighted by molar-refractivity contribution is 5.95. The smallest absolute Gasteiger partial charge is 0.252 e. The lowest BCUT2D eigenvalue weighted by Gasteiger charge is -2.16. The minimum atomic E-state index is -0.259. The number of rotatable bonds is 7. The van der Waals surface area contributed by atoms with Crippen molar-refractivity contribution in [3.8, 4) is 5.75 Å². The SMILES string of the molecule is [C-]#[N+]c1ccc(CCCNC(=O)C2=C(O)C(=C)N(CC)C2)c(OC)c1. The van der Waals surface area contributed by atoms with Crippen LogP contribution in [0, 0.1) is 6.57 Å². The van der Waals surface area contributed by atoms with Crippen molar-refractivity contribution in [1.82, 2.24) is 10.2 Å². The van der Waals surface area contributed by atoms with E-state index in [-0.39, 0.29) is 11.7 Å². The maximum Gasteiger partial charge on any atom is 0.252 e. The minimum absolute atomic E-state index is 0.0178. The maximum absolute atomic E-state index is 12.2. The van der Waals surface area contributed by atoms with E-state index in [2.05, 4.69) is 16.7 Å². The largest absolute Gasteiger partial charge is 0.505 e. The highest BCUT2D eigenvalue weighted by atomic mass is 16.5. The van der Waals surface area contributed by atoms with Gasteiger partial charge in [-0.05, 0) is 31.4 Å². The molecule has 0 bridgehead atoms. The van der Waals surface area contributed by atoms with E-state index in [1.165, 1.54) is 0 Å². The van der Waals surface area contributed by atoms with E-state index in [1.54, 1.807) is 19.2 Å². The quantitative estimate of drug-likeness (QED) is 0.591. The third kappa shape index (κ3) is 4.13. The fourth-order valence-corrected chi connectivity index (χ4v) is 2.76. The first-order chi connectivity index (χ1) is 12.0. The summed E-state index contributed by atoms with van der Waals surface area (Å²) in [4.78, 5) is 17.5. The molecule has 1 aliphatic heterocycles. The number of nitrogens with zero attached hydrogens (tertiary/aromatic N) is 2. The molecule has 0 spiro atoms. The van der Waals surface area contributed by atoms with Gasteiger partial charge in [-0.3, -0.25) is 4.79 Å². The van der Waals surface area contributed by atoms with E-state index in [4.69, 9.17) is 11.3 Å². The molecule has 2 N–H and O–H groups in total. The zero-order valence-electron chi connectivity index (χ0n) is 14.6. The van der Waals surface area contributed by atoms with E-state index in [0.29, 0.717) is 42.3 Å². The molecule has 6 heteroatoms. The summed E-state index contributed by atoms with van der Waals surface area (Å²) in [5, 5.41) is 12.9. The number of ether oxygens (including phenoxy) is 1. The number of likely N-dealkylation sites (N-methyl/N-ethyl adjacent to an activating group) is 1. The molecule has 2 rings (SSSR count). The zero-order chi connectivity index (χ0) is 18.4. The Balaban J connectivity index is 1.87. The summed E-state index contributed by atoms with van der Waals surface area (Å²) in [5.74, 6) is 0.409. The third-order valence-corrected chi connectivity index (χ3v) is 4.25. The Kier molecular flexibility index (Phi) is 6.07. The van der Waals surface area contributed by atoms with E-state index < -0.39 is 0 Å². The van der Waals surface area contributed by atoms with Crippen LogP contribution in [0.15, 0.2) is 41.8 Å². The standard InChI is InChI=1S/C19H23N3O3/c1-5-22-12-16(18(23)13(22)2)19(24)21-10-6-7-14-8-9-15(20-3)11-17(14)25-4/h8-9,11,23H,2,5-7,10,12H2,1,4H3,(H,21,24). The van der Waals surface area contributed by atoms with Gasteiger partial charge in [0.05, 0.1) is 31.5 Å². The van der Waals surface area contributed by atoms with Crippen molar-refractivity contribution in [1.29, 1.82) is 0 Å². The van der Waals surface area contributed by atoms with E-state index in [0.717, 1.165) is 18.4 Å². The van der Waals surface area contributed by atoms with Crippen molar-refractivity contribution in [2.24, 2.45) is 0 Å². The van der Waals surface area contributed by atoms with Gasteiger partial charge in [-0.2, -0.15) is 0 Å². The van der Waals surface area contributed by atoms with Crippen LogP contribution < -0.4 is 10.1 Å². The Morgan fingerprint density at radius 1 is 1.52 bits per heavy atom. The molecule has 6 nitrogen and oxygen atoms in total. The van der Waals surface area contributed by atoms with Crippen LogP contribution in [-0.4, -0.2) is 42.7 Å². The van der Waals surface area contributed by atoms with Crippen LogP contribution in [-0.2, 0) is 11.2 Å². The van der Waals surface area contributed by atoms with Gasteiger partial charge in [0.2, 0.25) is 0 Å². The fourth-order valence-electron chi connectivity index (χ4n) is 2.76. The normalized spacial score (nSPS) is 13.8. The number of aryl methyl sites for hydroxylation is 1. The predicted molar refractivity (Wildman–Crippen MR) is 96.6 cm³/mol. The van der Waals surface area contributed by atoms with Gasteiger partial charge in [-0.1, -0.05) is 18.7 Å². The second kappa shape index (κ2) is 8.25. The molecule has 1 heterocycles. The molecule has 1 amide bonds. The Morgan fingerprint density at radius 3 is 2.88 bits per heavy atom. The average molecular weight is 341 g/mol. The zero-order valence-corrected chi connectivity index (χ0v) is 14.6. The van der Waals surface area contributed by atoms with E-state index in [9.17, 15) is 9.90 Å². The molecule has 0 unspecified atom stereocenters. The van der Waals surface area contributed by atoms with Crippen molar-refractivity contribution in [2.75, 3.05) is 26.7 Å². The average Bonchev–Trinajstić information content (AvgIpc) is 2.93. The summed E-state index contributed by atoms with van der Waals surface area (Å²) in [6, 6.07) is 5.35. The lowest BCUT2D eigenvalue weighted by atomic mass is 10.1. The van der Waals surface area contributed by atoms with Gasteiger partial charge in [0.25, 0.3) is 5.91 Å². The van der Waals surface area contributed by atoms with Gasteiger partial charge in [-0.25, -0.2) is 4.85 Å². The highest BCUT2D eigenvalue weighted by Gasteiger charge is 2.28. The first-order valence-corrected chi connectivity index (χ1v) is 8.20. The van der Waals surface area contributed by atoms with Gasteiger partial charge in [0.1, 0.15) is 11.5 Å². The van der Waals surface area contributed by atoms with Crippen molar-refractivity contribution in [3.05, 3.63) is 58.8 Å². The summed E-state index contributed by atoms with van der Waals surface area (Å²) < 4.78 is 5.31. The Bertz CT molecular complexity index is 747. The number of hydrogen-bond acceptors (Lipinski definition) is 4. The molecule has 0 fully saturated rings. The molecule has 1 aliphatic rings. The second-order valence-corrected chi connectivity index (χ2v) is 5.76. The Morgan fingerprint density at radius 2 is 2.28 bits per heavy atom. The van der Waals surface area contributed by atoms with Crippen molar-refractivity contribution < 1.29 is 14.6 Å². The molecule has 25 heavy (non-hydrogen) atoms. The number of aliphatic hydroxyl groups excluding tert-OH is 1. The topological polar surface area (TPSA) is 66.2 Å². The molecule has 0 aliphatic carbocycles. The summed E-state index contributed by atoms with van der Waals surface area (Å²) >= 11 is 0. The number of amides is 1. The molecule has 0 saturated carbocycles. The highest BCUT2D eigenvalue weighted by Crippen LogP contribution is 2.26. The lowest BCUT2D eigenvalue weighted by molar-refractivity contribution is -0.117. The Labute approximate surface area is 148 Å². The van der Waals surface area contributed by atoms with Crippen LogP contribution in [0.3, 0.4) is 0 Å². The number of hydrogen-bond donors (Lipinski definition) is 2. The minimum Gasteiger partial charge on any atom is -0.505 e. The van der Waals surface area contributed by atoms with Crippen molar-refractivity contribution in [3.63, 3.8) is 0 Å². The molecular weight excluding hydrogens is 318 g/mol. The molecule has 0 aromatic heterocycles. The van der Waals surface area contributed by atoms with Crippen LogP contribution in [0.5, 0.6) is 5.75 Å². The predicted octanol–water partition coefficient (Wildman–Crippen LogP) is 2.96. The number of aliphatic hydroxyl groups is 1. The van der Waals surface area contributed by atoms with Crippen LogP contribution in [0.4, 0.5) is 5.69 Å². The summed E-state index contributed by atoms with van der Waals surface area (Å²) in [7, 11) is 1.58. The van der Waals surface area contributed by atoms with Crippen molar-refractivity contribution in [2.45, 2.75) is 19.8 Å². The number of carbonyl (C=O) groups excluding carboxylic acids is 1. The summed E-state index contributed by atoms with van der Waals surface area (Å²) in [6.45, 7) is 14.3. The summed E-state index contributed by atoms with van der Waals surface area (Å²) in [6.07, 6.45) is 1.45. The lowest BCUT2D eigenvalue weighted by Crippen LogP contribution is -2.29. The molecule has 1 aromatic carbocycles. The van der Waals surface area contributed by atoms with Crippen LogP contribution in [0.1, 0.15) is 18.9 Å². The molecular formula is C19H23N3O3. The number of benzene rings is 1. The molecule has 0 radical (unpaired) electrons. The first-order valence-electron chi connectivity index (χ1n) is 8.20. The molecule has 0 atom stereocenters. The Hall–Kier alpha value is -2.94.